The van der Waals surface area contributed by atoms with Gasteiger partial charge in [-0.1, -0.05) is 19.3 Å². The Morgan fingerprint density at radius 2 is 2.05 bits per heavy atom. The van der Waals surface area contributed by atoms with Gasteiger partial charge in [0, 0.05) is 19.6 Å². The first-order valence-corrected chi connectivity index (χ1v) is 7.45. The average molecular weight is 283 g/mol. The molecule has 0 radical (unpaired) electrons. The highest BCUT2D eigenvalue weighted by atomic mass is 16.5. The average Bonchev–Trinajstić information content (AvgIpc) is 2.95. The Bertz CT molecular complexity index is 367. The van der Waals surface area contributed by atoms with Gasteiger partial charge in [-0.05, 0) is 19.3 Å². The number of nitrogens with two attached hydrogens (primary N) is 1. The topological polar surface area (TPSA) is 84.7 Å². The number of hydrogen-bond donors (Lipinski definition) is 2. The quantitative estimate of drug-likeness (QED) is 0.804. The molecule has 2 amide bonds. The lowest BCUT2D eigenvalue weighted by Gasteiger charge is -2.37. The fraction of sp³-hybridized carbons (Fsp3) is 0.857. The van der Waals surface area contributed by atoms with Crippen LogP contribution in [0.1, 0.15) is 38.5 Å². The minimum absolute atomic E-state index is 0.00943. The number of nitrogens with one attached hydrogen (secondary N) is 1. The molecule has 6 heteroatoms. The predicted octanol–water partition coefficient (Wildman–Crippen LogP) is 0.853. The van der Waals surface area contributed by atoms with E-state index in [-0.39, 0.29) is 17.4 Å². The first-order valence-electron chi connectivity index (χ1n) is 7.45. The van der Waals surface area contributed by atoms with Crippen LogP contribution in [0.5, 0.6) is 0 Å². The van der Waals surface area contributed by atoms with E-state index in [4.69, 9.17) is 5.73 Å². The van der Waals surface area contributed by atoms with Gasteiger partial charge in [0.1, 0.15) is 0 Å². The lowest BCUT2D eigenvalue weighted by Crippen LogP contribution is -2.49. The van der Waals surface area contributed by atoms with Gasteiger partial charge >= 0.3 is 6.09 Å². The van der Waals surface area contributed by atoms with Crippen molar-refractivity contribution in [2.75, 3.05) is 26.7 Å². The summed E-state index contributed by atoms with van der Waals surface area (Å²) in [6.45, 7) is 1.68. The molecule has 20 heavy (non-hydrogen) atoms. The number of nitrogens with zero attached hydrogens (tertiary/aromatic N) is 1. The van der Waals surface area contributed by atoms with Crippen LogP contribution in [0.15, 0.2) is 0 Å². The molecule has 2 rings (SSSR count). The molecule has 1 saturated carbocycles. The number of amides is 2. The summed E-state index contributed by atoms with van der Waals surface area (Å²) in [5, 5.41) is 2.76. The monoisotopic (exact) mass is 283 g/mol. The number of hydrogen-bond acceptors (Lipinski definition) is 4. The Balaban J connectivity index is 1.94. The zero-order valence-corrected chi connectivity index (χ0v) is 12.2. The lowest BCUT2D eigenvalue weighted by molar-refractivity contribution is -0.142. The van der Waals surface area contributed by atoms with Gasteiger partial charge in [-0.25, -0.2) is 4.79 Å². The van der Waals surface area contributed by atoms with Crippen molar-refractivity contribution < 1.29 is 14.3 Å². The molecule has 0 aromatic heterocycles. The maximum absolute atomic E-state index is 12.8. The molecule has 1 saturated heterocycles. The van der Waals surface area contributed by atoms with Crippen LogP contribution < -0.4 is 11.1 Å². The summed E-state index contributed by atoms with van der Waals surface area (Å²) >= 11 is 0. The van der Waals surface area contributed by atoms with E-state index in [2.05, 4.69) is 10.1 Å². The van der Waals surface area contributed by atoms with E-state index in [0.29, 0.717) is 19.6 Å². The van der Waals surface area contributed by atoms with Crippen molar-refractivity contribution in [3.05, 3.63) is 0 Å². The molecule has 1 unspecified atom stereocenters. The van der Waals surface area contributed by atoms with E-state index >= 15 is 0 Å². The fourth-order valence-corrected chi connectivity index (χ4v) is 3.36. The standard InChI is InChI=1S/C14H25N3O3/c1-20-13(19)16-11-5-8-17(9-11)12(18)14(10-15)6-3-2-4-7-14/h11H,2-10,15H2,1H3,(H,16,19). The van der Waals surface area contributed by atoms with E-state index in [1.807, 2.05) is 4.90 Å². The minimum atomic E-state index is -0.435. The Morgan fingerprint density at radius 3 is 2.65 bits per heavy atom. The maximum Gasteiger partial charge on any atom is 0.407 e. The third-order valence-electron chi connectivity index (χ3n) is 4.64. The molecule has 0 bridgehead atoms. The van der Waals surface area contributed by atoms with Crippen LogP contribution in [0.25, 0.3) is 0 Å². The van der Waals surface area contributed by atoms with Crippen LogP contribution in [0.3, 0.4) is 0 Å². The highest BCUT2D eigenvalue weighted by Crippen LogP contribution is 2.37. The third-order valence-corrected chi connectivity index (χ3v) is 4.64. The van der Waals surface area contributed by atoms with Crippen LogP contribution in [-0.2, 0) is 9.53 Å². The van der Waals surface area contributed by atoms with Crippen molar-refractivity contribution in [2.45, 2.75) is 44.6 Å². The molecular weight excluding hydrogens is 258 g/mol. The zero-order chi connectivity index (χ0) is 14.6. The second-order valence-corrected chi connectivity index (χ2v) is 5.92. The molecule has 1 aliphatic carbocycles. The van der Waals surface area contributed by atoms with Crippen LogP contribution in [0.2, 0.25) is 0 Å². The number of ether oxygens (including phenoxy) is 1. The molecule has 3 N–H and O–H groups in total. The maximum atomic E-state index is 12.8. The van der Waals surface area contributed by atoms with Crippen molar-refractivity contribution in [1.82, 2.24) is 10.2 Å². The van der Waals surface area contributed by atoms with Gasteiger partial charge in [0.05, 0.1) is 18.6 Å². The van der Waals surface area contributed by atoms with Crippen LogP contribution >= 0.6 is 0 Å². The highest BCUT2D eigenvalue weighted by molar-refractivity contribution is 5.83. The minimum Gasteiger partial charge on any atom is -0.453 e. The normalized spacial score (nSPS) is 25.3. The van der Waals surface area contributed by atoms with E-state index in [9.17, 15) is 9.59 Å². The predicted molar refractivity (Wildman–Crippen MR) is 75.1 cm³/mol. The first-order chi connectivity index (χ1) is 9.61. The van der Waals surface area contributed by atoms with Gasteiger partial charge < -0.3 is 20.7 Å². The highest BCUT2D eigenvalue weighted by Gasteiger charge is 2.42. The third kappa shape index (κ3) is 3.06. The molecule has 2 fully saturated rings. The van der Waals surface area contributed by atoms with Crippen molar-refractivity contribution in [3.8, 4) is 0 Å². The van der Waals surface area contributed by atoms with Gasteiger partial charge in [0.2, 0.25) is 5.91 Å². The molecule has 1 atom stereocenters. The number of rotatable bonds is 3. The Labute approximate surface area is 120 Å². The second kappa shape index (κ2) is 6.43. The fourth-order valence-electron chi connectivity index (χ4n) is 3.36. The molecular formula is C14H25N3O3. The van der Waals surface area contributed by atoms with Crippen LogP contribution in [0, 0.1) is 5.41 Å². The van der Waals surface area contributed by atoms with Crippen molar-refractivity contribution in [2.24, 2.45) is 11.1 Å². The van der Waals surface area contributed by atoms with Gasteiger partial charge in [0.25, 0.3) is 0 Å². The molecule has 0 aromatic carbocycles. The summed E-state index contributed by atoms with van der Waals surface area (Å²) in [5.41, 5.74) is 5.54. The SMILES string of the molecule is COC(=O)NC1CCN(C(=O)C2(CN)CCCCC2)C1. The van der Waals surface area contributed by atoms with Crippen molar-refractivity contribution in [1.29, 1.82) is 0 Å². The first kappa shape index (κ1) is 15.1. The van der Waals surface area contributed by atoms with Crippen LogP contribution in [-0.4, -0.2) is 49.7 Å². The van der Waals surface area contributed by atoms with E-state index in [1.165, 1.54) is 13.5 Å². The molecule has 1 heterocycles. The van der Waals surface area contributed by atoms with Crippen LogP contribution in [0.4, 0.5) is 4.79 Å². The van der Waals surface area contributed by atoms with Gasteiger partial charge in [-0.2, -0.15) is 0 Å². The Hall–Kier alpha value is -1.30. The number of likely N-dealkylation sites (tertiary alicyclic amines) is 1. The summed E-state index contributed by atoms with van der Waals surface area (Å²) in [5.74, 6) is 0.175. The molecule has 6 nitrogen and oxygen atoms in total. The molecule has 0 spiro atoms. The van der Waals surface area contributed by atoms with Gasteiger partial charge in [-0.15, -0.1) is 0 Å². The molecule has 1 aliphatic heterocycles. The van der Waals surface area contributed by atoms with Gasteiger partial charge in [-0.3, -0.25) is 4.79 Å². The lowest BCUT2D eigenvalue weighted by atomic mass is 9.73. The van der Waals surface area contributed by atoms with E-state index < -0.39 is 6.09 Å². The largest absolute Gasteiger partial charge is 0.453 e. The zero-order valence-electron chi connectivity index (χ0n) is 12.2. The smallest absolute Gasteiger partial charge is 0.407 e. The van der Waals surface area contributed by atoms with Crippen molar-refractivity contribution in [3.63, 3.8) is 0 Å². The summed E-state index contributed by atoms with van der Waals surface area (Å²) in [6, 6.07) is -0.00943. The Morgan fingerprint density at radius 1 is 1.35 bits per heavy atom. The summed E-state index contributed by atoms with van der Waals surface area (Å²) in [4.78, 5) is 25.8. The number of alkyl carbamates (subject to hydrolysis) is 1. The van der Waals surface area contributed by atoms with Gasteiger partial charge in [0.15, 0.2) is 0 Å². The van der Waals surface area contributed by atoms with E-state index in [0.717, 1.165) is 32.1 Å². The number of carbonyl (C=O) groups is 2. The summed E-state index contributed by atoms with van der Waals surface area (Å²) in [6.07, 6.45) is 5.50. The second-order valence-electron chi connectivity index (χ2n) is 5.92. The molecule has 0 aromatic rings. The number of methoxy groups -OCH3 is 1. The molecule has 114 valence electrons. The Kier molecular flexibility index (Phi) is 4.86. The number of carbonyl (C=O) groups excluding carboxylic acids is 2. The van der Waals surface area contributed by atoms with Crippen molar-refractivity contribution >= 4 is 12.0 Å². The summed E-state index contributed by atoms with van der Waals surface area (Å²) < 4.78 is 4.59. The van der Waals surface area contributed by atoms with E-state index in [1.54, 1.807) is 0 Å². The summed E-state index contributed by atoms with van der Waals surface area (Å²) in [7, 11) is 1.35. The molecule has 2 aliphatic rings.